The van der Waals surface area contributed by atoms with E-state index in [1.54, 1.807) is 6.26 Å². The zero-order valence-corrected chi connectivity index (χ0v) is 14.6. The van der Waals surface area contributed by atoms with E-state index in [0.717, 1.165) is 31.4 Å². The van der Waals surface area contributed by atoms with E-state index in [9.17, 15) is 4.79 Å². The summed E-state index contributed by atoms with van der Waals surface area (Å²) in [6, 6.07) is 11.8. The number of benzene rings is 2. The molecule has 3 rings (SSSR count). The second-order valence-corrected chi connectivity index (χ2v) is 6.62. The van der Waals surface area contributed by atoms with Crippen LogP contribution in [0.5, 0.6) is 0 Å². The summed E-state index contributed by atoms with van der Waals surface area (Å²) >= 11 is 2.24. The van der Waals surface area contributed by atoms with Crippen LogP contribution < -0.4 is 5.32 Å². The van der Waals surface area contributed by atoms with Crippen molar-refractivity contribution in [2.45, 2.75) is 20.3 Å². The van der Waals surface area contributed by atoms with Crippen LogP contribution in [-0.4, -0.2) is 5.91 Å². The van der Waals surface area contributed by atoms with Gasteiger partial charge >= 0.3 is 0 Å². The molecule has 1 amide bonds. The molecule has 22 heavy (non-hydrogen) atoms. The van der Waals surface area contributed by atoms with E-state index in [0.29, 0.717) is 6.42 Å². The van der Waals surface area contributed by atoms with Gasteiger partial charge in [-0.15, -0.1) is 0 Å². The third kappa shape index (κ3) is 3.02. The molecule has 3 nitrogen and oxygen atoms in total. The van der Waals surface area contributed by atoms with Gasteiger partial charge in [-0.25, -0.2) is 0 Å². The number of nitrogens with one attached hydrogen (secondary N) is 1. The monoisotopic (exact) mass is 405 g/mol. The molecule has 0 saturated heterocycles. The number of anilines is 1. The van der Waals surface area contributed by atoms with Gasteiger partial charge in [0.2, 0.25) is 5.91 Å². The summed E-state index contributed by atoms with van der Waals surface area (Å²) in [5.41, 5.74) is 4.92. The zero-order chi connectivity index (χ0) is 15.7. The Morgan fingerprint density at radius 2 is 1.86 bits per heavy atom. The number of hydrogen-bond acceptors (Lipinski definition) is 2. The van der Waals surface area contributed by atoms with Crippen LogP contribution in [-0.2, 0) is 11.2 Å². The Morgan fingerprint density at radius 3 is 2.59 bits per heavy atom. The molecule has 1 heterocycles. The maximum Gasteiger partial charge on any atom is 0.228 e. The van der Waals surface area contributed by atoms with Crippen LogP contribution in [0, 0.1) is 17.4 Å². The Bertz CT molecular complexity index is 834. The van der Waals surface area contributed by atoms with Crippen molar-refractivity contribution in [3.05, 3.63) is 62.9 Å². The summed E-state index contributed by atoms with van der Waals surface area (Å²) in [5.74, 6) is -0.0397. The van der Waals surface area contributed by atoms with E-state index in [1.807, 2.05) is 37.3 Å². The molecule has 0 aliphatic rings. The summed E-state index contributed by atoms with van der Waals surface area (Å²) in [6.07, 6.45) is 1.99. The standard InChI is InChI=1S/C18H16INO2/c1-11-3-8-16-13(10-22-18(16)12(11)2)9-17(21)20-15-6-4-14(19)5-7-15/h3-8,10H,9H2,1-2H3,(H,20,21). The minimum absolute atomic E-state index is 0.0397. The lowest BCUT2D eigenvalue weighted by Gasteiger charge is -2.05. The van der Waals surface area contributed by atoms with E-state index in [4.69, 9.17) is 4.42 Å². The van der Waals surface area contributed by atoms with Crippen LogP contribution in [0.4, 0.5) is 5.69 Å². The summed E-state index contributed by atoms with van der Waals surface area (Å²) in [5, 5.41) is 3.93. The van der Waals surface area contributed by atoms with Gasteiger partial charge in [-0.1, -0.05) is 12.1 Å². The second kappa shape index (κ2) is 6.12. The predicted molar refractivity (Wildman–Crippen MR) is 97.2 cm³/mol. The minimum atomic E-state index is -0.0397. The number of rotatable bonds is 3. The van der Waals surface area contributed by atoms with Gasteiger partial charge in [-0.3, -0.25) is 4.79 Å². The van der Waals surface area contributed by atoms with E-state index in [2.05, 4.69) is 40.9 Å². The third-order valence-electron chi connectivity index (χ3n) is 3.82. The summed E-state index contributed by atoms with van der Waals surface area (Å²) < 4.78 is 6.79. The smallest absolute Gasteiger partial charge is 0.228 e. The normalized spacial score (nSPS) is 10.9. The Labute approximate surface area is 142 Å². The van der Waals surface area contributed by atoms with Crippen molar-refractivity contribution in [2.24, 2.45) is 0 Å². The largest absolute Gasteiger partial charge is 0.464 e. The number of carbonyl (C=O) groups is 1. The van der Waals surface area contributed by atoms with Crippen LogP contribution >= 0.6 is 22.6 Å². The Morgan fingerprint density at radius 1 is 1.14 bits per heavy atom. The fourth-order valence-corrected chi connectivity index (χ4v) is 2.80. The van der Waals surface area contributed by atoms with E-state index < -0.39 is 0 Å². The van der Waals surface area contributed by atoms with Gasteiger partial charge in [0, 0.05) is 20.2 Å². The van der Waals surface area contributed by atoms with Crippen LogP contribution in [0.2, 0.25) is 0 Å². The molecular weight excluding hydrogens is 389 g/mol. The van der Waals surface area contributed by atoms with Gasteiger partial charge in [0.1, 0.15) is 5.58 Å². The molecule has 0 aliphatic carbocycles. The van der Waals surface area contributed by atoms with Gasteiger partial charge in [0.05, 0.1) is 12.7 Å². The molecule has 3 aromatic rings. The third-order valence-corrected chi connectivity index (χ3v) is 4.54. The van der Waals surface area contributed by atoms with Gasteiger partial charge < -0.3 is 9.73 Å². The maximum atomic E-state index is 12.2. The summed E-state index contributed by atoms with van der Waals surface area (Å²) in [6.45, 7) is 4.09. The lowest BCUT2D eigenvalue weighted by atomic mass is 10.0. The topological polar surface area (TPSA) is 42.2 Å². The molecule has 0 aliphatic heterocycles. The Kier molecular flexibility index (Phi) is 4.20. The zero-order valence-electron chi connectivity index (χ0n) is 12.4. The number of amides is 1. The molecule has 0 atom stereocenters. The van der Waals surface area contributed by atoms with E-state index in [1.165, 1.54) is 5.56 Å². The average Bonchev–Trinajstić information content (AvgIpc) is 2.89. The molecule has 0 spiro atoms. The molecule has 0 radical (unpaired) electrons. The first-order valence-electron chi connectivity index (χ1n) is 7.06. The van der Waals surface area contributed by atoms with Crippen molar-refractivity contribution in [3.8, 4) is 0 Å². The fraction of sp³-hybridized carbons (Fsp3) is 0.167. The molecule has 4 heteroatoms. The SMILES string of the molecule is Cc1ccc2c(CC(=O)Nc3ccc(I)cc3)coc2c1C. The molecule has 112 valence electrons. The highest BCUT2D eigenvalue weighted by Gasteiger charge is 2.13. The lowest BCUT2D eigenvalue weighted by molar-refractivity contribution is -0.115. The van der Waals surface area contributed by atoms with Crippen molar-refractivity contribution in [2.75, 3.05) is 5.32 Å². The first-order chi connectivity index (χ1) is 10.5. The van der Waals surface area contributed by atoms with Crippen molar-refractivity contribution >= 4 is 45.2 Å². The number of halogens is 1. The maximum absolute atomic E-state index is 12.2. The van der Waals surface area contributed by atoms with Gasteiger partial charge in [0.25, 0.3) is 0 Å². The molecule has 1 aromatic heterocycles. The molecule has 0 unspecified atom stereocenters. The van der Waals surface area contributed by atoms with E-state index >= 15 is 0 Å². The molecule has 0 fully saturated rings. The minimum Gasteiger partial charge on any atom is -0.464 e. The number of aryl methyl sites for hydroxylation is 2. The van der Waals surface area contributed by atoms with Crippen molar-refractivity contribution in [3.63, 3.8) is 0 Å². The first kappa shape index (κ1) is 15.1. The fourth-order valence-electron chi connectivity index (χ4n) is 2.44. The van der Waals surface area contributed by atoms with E-state index in [-0.39, 0.29) is 5.91 Å². The second-order valence-electron chi connectivity index (χ2n) is 5.38. The average molecular weight is 405 g/mol. The van der Waals surface area contributed by atoms with Crippen LogP contribution in [0.3, 0.4) is 0 Å². The van der Waals surface area contributed by atoms with Crippen molar-refractivity contribution in [1.82, 2.24) is 0 Å². The van der Waals surface area contributed by atoms with Crippen LogP contribution in [0.25, 0.3) is 11.0 Å². The quantitative estimate of drug-likeness (QED) is 0.634. The number of carbonyl (C=O) groups excluding carboxylic acids is 1. The van der Waals surface area contributed by atoms with Crippen molar-refractivity contribution in [1.29, 1.82) is 0 Å². The van der Waals surface area contributed by atoms with Crippen LogP contribution in [0.15, 0.2) is 47.1 Å². The predicted octanol–water partition coefficient (Wildman–Crippen LogP) is 4.84. The molecule has 1 N–H and O–H groups in total. The summed E-state index contributed by atoms with van der Waals surface area (Å²) in [7, 11) is 0. The molecular formula is C18H16INO2. The number of furan rings is 1. The Hall–Kier alpha value is -1.82. The first-order valence-corrected chi connectivity index (χ1v) is 8.14. The molecule has 0 saturated carbocycles. The van der Waals surface area contributed by atoms with Crippen LogP contribution in [0.1, 0.15) is 16.7 Å². The van der Waals surface area contributed by atoms with Gasteiger partial charge in [0.15, 0.2) is 0 Å². The molecule has 0 bridgehead atoms. The lowest BCUT2D eigenvalue weighted by Crippen LogP contribution is -2.14. The van der Waals surface area contributed by atoms with Crippen molar-refractivity contribution < 1.29 is 9.21 Å². The number of hydrogen-bond donors (Lipinski definition) is 1. The Balaban J connectivity index is 1.79. The number of fused-ring (bicyclic) bond motifs is 1. The molecule has 2 aromatic carbocycles. The van der Waals surface area contributed by atoms with Gasteiger partial charge in [-0.2, -0.15) is 0 Å². The van der Waals surface area contributed by atoms with Gasteiger partial charge in [-0.05, 0) is 71.8 Å². The highest BCUT2D eigenvalue weighted by molar-refractivity contribution is 14.1. The highest BCUT2D eigenvalue weighted by Crippen LogP contribution is 2.27. The highest BCUT2D eigenvalue weighted by atomic mass is 127. The summed E-state index contributed by atoms with van der Waals surface area (Å²) in [4.78, 5) is 12.2.